The molecule has 1 heterocycles. The van der Waals surface area contributed by atoms with E-state index in [1.165, 1.54) is 29.3 Å². The highest BCUT2D eigenvalue weighted by molar-refractivity contribution is 6.33. The van der Waals surface area contributed by atoms with E-state index in [0.717, 1.165) is 5.56 Å². The number of nitrogen functional groups attached to an aromatic ring is 1. The summed E-state index contributed by atoms with van der Waals surface area (Å²) in [6, 6.07) is 7.46. The smallest absolute Gasteiger partial charge is 0.255 e. The summed E-state index contributed by atoms with van der Waals surface area (Å²) in [5, 5.41) is 0.242. The highest BCUT2D eigenvalue weighted by Crippen LogP contribution is 2.18. The molecule has 0 atom stereocenters. The monoisotopic (exact) mass is 293 g/mol. The summed E-state index contributed by atoms with van der Waals surface area (Å²) in [7, 11) is 1.65. The SMILES string of the molecule is CN(Cc1ccc(F)cc1)C(=O)c1cnc(N)c(Cl)c1. The third kappa shape index (κ3) is 3.24. The lowest BCUT2D eigenvalue weighted by molar-refractivity contribution is 0.0784. The van der Waals surface area contributed by atoms with Crippen molar-refractivity contribution in [3.63, 3.8) is 0 Å². The number of hydrogen-bond acceptors (Lipinski definition) is 3. The summed E-state index contributed by atoms with van der Waals surface area (Å²) in [4.78, 5) is 17.5. The number of pyridine rings is 1. The Kier molecular flexibility index (Phi) is 4.20. The molecule has 2 aromatic rings. The molecule has 104 valence electrons. The first-order valence-electron chi connectivity index (χ1n) is 5.88. The minimum absolute atomic E-state index is 0.185. The number of carbonyl (C=O) groups excluding carboxylic acids is 1. The van der Waals surface area contributed by atoms with Gasteiger partial charge in [0.2, 0.25) is 0 Å². The first kappa shape index (κ1) is 14.3. The number of halogens is 2. The summed E-state index contributed by atoms with van der Waals surface area (Å²) in [6.45, 7) is 0.362. The molecule has 0 aliphatic carbocycles. The van der Waals surface area contributed by atoms with Crippen molar-refractivity contribution in [2.24, 2.45) is 0 Å². The number of nitrogens with two attached hydrogens (primary N) is 1. The van der Waals surface area contributed by atoms with Crippen LogP contribution in [0.15, 0.2) is 36.5 Å². The highest BCUT2D eigenvalue weighted by atomic mass is 35.5. The molecule has 0 bridgehead atoms. The average molecular weight is 294 g/mol. The lowest BCUT2D eigenvalue weighted by atomic mass is 10.2. The Labute approximate surface area is 121 Å². The Morgan fingerprint density at radius 3 is 2.65 bits per heavy atom. The van der Waals surface area contributed by atoms with Crippen molar-refractivity contribution in [1.29, 1.82) is 0 Å². The van der Waals surface area contributed by atoms with E-state index in [0.29, 0.717) is 12.1 Å². The van der Waals surface area contributed by atoms with Crippen LogP contribution in [0.2, 0.25) is 5.02 Å². The normalized spacial score (nSPS) is 10.3. The van der Waals surface area contributed by atoms with Gasteiger partial charge in [0.05, 0.1) is 10.6 Å². The second-order valence-corrected chi connectivity index (χ2v) is 4.79. The van der Waals surface area contributed by atoms with Gasteiger partial charge < -0.3 is 10.6 Å². The second kappa shape index (κ2) is 5.88. The Morgan fingerprint density at radius 2 is 2.05 bits per heavy atom. The molecular formula is C14H13ClFN3O. The van der Waals surface area contributed by atoms with Crippen molar-refractivity contribution in [1.82, 2.24) is 9.88 Å². The molecule has 0 unspecified atom stereocenters. The molecule has 0 aliphatic heterocycles. The van der Waals surface area contributed by atoms with Gasteiger partial charge in [-0.3, -0.25) is 4.79 Å². The van der Waals surface area contributed by atoms with Crippen molar-refractivity contribution in [2.75, 3.05) is 12.8 Å². The zero-order valence-electron chi connectivity index (χ0n) is 10.8. The molecule has 0 saturated carbocycles. The summed E-state index contributed by atoms with van der Waals surface area (Å²) >= 11 is 5.84. The van der Waals surface area contributed by atoms with E-state index in [4.69, 9.17) is 17.3 Å². The number of anilines is 1. The van der Waals surface area contributed by atoms with Crippen LogP contribution < -0.4 is 5.73 Å². The number of nitrogens with zero attached hydrogens (tertiary/aromatic N) is 2. The summed E-state index contributed by atoms with van der Waals surface area (Å²) < 4.78 is 12.8. The van der Waals surface area contributed by atoms with E-state index in [1.54, 1.807) is 19.2 Å². The summed E-state index contributed by atoms with van der Waals surface area (Å²) in [6.07, 6.45) is 1.38. The van der Waals surface area contributed by atoms with Crippen LogP contribution >= 0.6 is 11.6 Å². The first-order valence-corrected chi connectivity index (χ1v) is 6.26. The standard InChI is InChI=1S/C14H13ClFN3O/c1-19(8-9-2-4-11(16)5-3-9)14(20)10-6-12(15)13(17)18-7-10/h2-7H,8H2,1H3,(H2,17,18). The molecule has 2 rings (SSSR count). The molecule has 20 heavy (non-hydrogen) atoms. The van der Waals surface area contributed by atoms with Crippen molar-refractivity contribution in [3.8, 4) is 0 Å². The van der Waals surface area contributed by atoms with Gasteiger partial charge in [-0.05, 0) is 23.8 Å². The number of rotatable bonds is 3. The Hall–Kier alpha value is -2.14. The molecular weight excluding hydrogens is 281 g/mol. The molecule has 2 N–H and O–H groups in total. The predicted molar refractivity (Wildman–Crippen MR) is 75.9 cm³/mol. The van der Waals surface area contributed by atoms with E-state index in [-0.39, 0.29) is 22.6 Å². The Morgan fingerprint density at radius 1 is 1.40 bits per heavy atom. The molecule has 1 amide bonds. The minimum Gasteiger partial charge on any atom is -0.382 e. The van der Waals surface area contributed by atoms with E-state index in [9.17, 15) is 9.18 Å². The summed E-state index contributed by atoms with van der Waals surface area (Å²) in [5.41, 5.74) is 6.68. The maximum absolute atomic E-state index is 12.8. The molecule has 1 aromatic heterocycles. The molecule has 0 aliphatic rings. The number of hydrogen-bond donors (Lipinski definition) is 1. The maximum Gasteiger partial charge on any atom is 0.255 e. The number of carbonyl (C=O) groups is 1. The Bertz CT molecular complexity index is 631. The van der Waals surface area contributed by atoms with Crippen LogP contribution in [0.1, 0.15) is 15.9 Å². The van der Waals surface area contributed by atoms with Crippen LogP contribution in [0.4, 0.5) is 10.2 Å². The number of benzene rings is 1. The molecule has 4 nitrogen and oxygen atoms in total. The molecule has 0 saturated heterocycles. The summed E-state index contributed by atoms with van der Waals surface area (Å²) in [5.74, 6) is -0.356. The zero-order valence-corrected chi connectivity index (χ0v) is 11.6. The second-order valence-electron chi connectivity index (χ2n) is 4.38. The lowest BCUT2D eigenvalue weighted by Gasteiger charge is -2.17. The van der Waals surface area contributed by atoms with Crippen LogP contribution in [-0.2, 0) is 6.54 Å². The van der Waals surface area contributed by atoms with Crippen LogP contribution in [0.25, 0.3) is 0 Å². The first-order chi connectivity index (χ1) is 9.47. The fraction of sp³-hybridized carbons (Fsp3) is 0.143. The van der Waals surface area contributed by atoms with Crippen LogP contribution in [0, 0.1) is 5.82 Å². The Balaban J connectivity index is 2.11. The fourth-order valence-corrected chi connectivity index (χ4v) is 1.89. The van der Waals surface area contributed by atoms with Gasteiger partial charge in [-0.2, -0.15) is 0 Å². The van der Waals surface area contributed by atoms with Gasteiger partial charge in [0.25, 0.3) is 5.91 Å². The van der Waals surface area contributed by atoms with E-state index in [1.807, 2.05) is 0 Å². The molecule has 0 fully saturated rings. The predicted octanol–water partition coefficient (Wildman–Crippen LogP) is 2.73. The van der Waals surface area contributed by atoms with Crippen molar-refractivity contribution in [2.45, 2.75) is 6.54 Å². The third-order valence-corrected chi connectivity index (χ3v) is 3.10. The van der Waals surface area contributed by atoms with Crippen LogP contribution in [0.5, 0.6) is 0 Å². The van der Waals surface area contributed by atoms with Gasteiger partial charge in [0.1, 0.15) is 11.6 Å². The highest BCUT2D eigenvalue weighted by Gasteiger charge is 2.14. The minimum atomic E-state index is -0.308. The van der Waals surface area contributed by atoms with E-state index in [2.05, 4.69) is 4.98 Å². The van der Waals surface area contributed by atoms with E-state index < -0.39 is 0 Å². The fourth-order valence-electron chi connectivity index (χ4n) is 1.72. The van der Waals surface area contributed by atoms with Crippen LogP contribution in [0.3, 0.4) is 0 Å². The quantitative estimate of drug-likeness (QED) is 0.946. The third-order valence-electron chi connectivity index (χ3n) is 2.80. The van der Waals surface area contributed by atoms with Gasteiger partial charge in [-0.25, -0.2) is 9.37 Å². The molecule has 1 aromatic carbocycles. The van der Waals surface area contributed by atoms with Crippen molar-refractivity contribution in [3.05, 3.63) is 58.5 Å². The van der Waals surface area contributed by atoms with Gasteiger partial charge in [0, 0.05) is 19.8 Å². The number of amides is 1. The largest absolute Gasteiger partial charge is 0.382 e. The average Bonchev–Trinajstić information content (AvgIpc) is 2.43. The molecule has 0 radical (unpaired) electrons. The molecule has 6 heteroatoms. The number of aromatic nitrogens is 1. The van der Waals surface area contributed by atoms with Gasteiger partial charge in [-0.1, -0.05) is 23.7 Å². The van der Waals surface area contributed by atoms with Gasteiger partial charge >= 0.3 is 0 Å². The molecule has 0 spiro atoms. The van der Waals surface area contributed by atoms with Gasteiger partial charge in [-0.15, -0.1) is 0 Å². The lowest BCUT2D eigenvalue weighted by Crippen LogP contribution is -2.26. The van der Waals surface area contributed by atoms with Gasteiger partial charge in [0.15, 0.2) is 0 Å². The van der Waals surface area contributed by atoms with Crippen molar-refractivity contribution >= 4 is 23.3 Å². The zero-order chi connectivity index (χ0) is 14.7. The topological polar surface area (TPSA) is 59.2 Å². The van der Waals surface area contributed by atoms with Crippen LogP contribution in [-0.4, -0.2) is 22.8 Å². The van der Waals surface area contributed by atoms with E-state index >= 15 is 0 Å². The maximum atomic E-state index is 12.8. The van der Waals surface area contributed by atoms with Crippen molar-refractivity contribution < 1.29 is 9.18 Å².